The molecule has 1 saturated heterocycles. The van der Waals surface area contributed by atoms with E-state index in [1.54, 1.807) is 12.1 Å². The lowest BCUT2D eigenvalue weighted by atomic mass is 10.1. The van der Waals surface area contributed by atoms with Gasteiger partial charge in [0.2, 0.25) is 5.82 Å². The largest absolute Gasteiger partial charge is 0.478 e. The highest BCUT2D eigenvalue weighted by Gasteiger charge is 2.22. The Balaban J connectivity index is 1.85. The van der Waals surface area contributed by atoms with E-state index in [1.165, 1.54) is 12.1 Å². The van der Waals surface area contributed by atoms with Crippen molar-refractivity contribution < 1.29 is 19.2 Å². The molecule has 1 aromatic carbocycles. The number of benzene rings is 1. The number of nitrogens with zero attached hydrogens (tertiary/aromatic N) is 2. The molecule has 1 aliphatic heterocycles. The molecule has 1 unspecified atom stereocenters. The molecule has 0 spiro atoms. The van der Waals surface area contributed by atoms with E-state index < -0.39 is 5.97 Å². The summed E-state index contributed by atoms with van der Waals surface area (Å²) in [6.07, 6.45) is 2.86. The van der Waals surface area contributed by atoms with E-state index in [0.29, 0.717) is 23.9 Å². The topological polar surface area (TPSA) is 85.5 Å². The fourth-order valence-corrected chi connectivity index (χ4v) is 2.21. The van der Waals surface area contributed by atoms with E-state index in [2.05, 4.69) is 10.1 Å². The Hall–Kier alpha value is -2.21. The Morgan fingerprint density at radius 3 is 3.00 bits per heavy atom. The molecule has 0 amide bonds. The molecular formula is C14H14N2O4. The number of rotatable bonds is 3. The smallest absolute Gasteiger partial charge is 0.335 e. The van der Waals surface area contributed by atoms with Crippen LogP contribution in [0.15, 0.2) is 28.8 Å². The maximum Gasteiger partial charge on any atom is 0.335 e. The molecule has 6 nitrogen and oxygen atoms in total. The van der Waals surface area contributed by atoms with Gasteiger partial charge in [-0.15, -0.1) is 0 Å². The first kappa shape index (κ1) is 12.8. The summed E-state index contributed by atoms with van der Waals surface area (Å²) in [5.74, 6) is -0.135. The van der Waals surface area contributed by atoms with Crippen molar-refractivity contribution in [3.63, 3.8) is 0 Å². The van der Waals surface area contributed by atoms with Crippen molar-refractivity contribution in [2.24, 2.45) is 0 Å². The van der Waals surface area contributed by atoms with Crippen LogP contribution in [0.3, 0.4) is 0 Å². The highest BCUT2D eigenvalue weighted by atomic mass is 16.5. The number of aromatic carboxylic acids is 1. The number of ether oxygens (including phenoxy) is 1. The summed E-state index contributed by atoms with van der Waals surface area (Å²) in [5, 5.41) is 12.9. The van der Waals surface area contributed by atoms with E-state index in [1.807, 2.05) is 0 Å². The molecule has 3 rings (SSSR count). The third-order valence-electron chi connectivity index (χ3n) is 3.26. The van der Waals surface area contributed by atoms with Crippen molar-refractivity contribution in [3.8, 4) is 11.4 Å². The lowest BCUT2D eigenvalue weighted by molar-refractivity contribution is -0.00459. The molecule has 1 fully saturated rings. The normalized spacial score (nSPS) is 18.9. The van der Waals surface area contributed by atoms with Crippen molar-refractivity contribution in [2.45, 2.75) is 25.4 Å². The Labute approximate surface area is 115 Å². The lowest BCUT2D eigenvalue weighted by Crippen LogP contribution is -2.11. The van der Waals surface area contributed by atoms with Gasteiger partial charge in [-0.25, -0.2) is 4.79 Å². The van der Waals surface area contributed by atoms with Crippen LogP contribution >= 0.6 is 0 Å². The Morgan fingerprint density at radius 1 is 1.35 bits per heavy atom. The van der Waals surface area contributed by atoms with E-state index in [4.69, 9.17) is 14.4 Å². The second-order valence-corrected chi connectivity index (χ2v) is 4.70. The predicted octanol–water partition coefficient (Wildman–Crippen LogP) is 2.68. The van der Waals surface area contributed by atoms with Crippen molar-refractivity contribution in [2.75, 3.05) is 6.61 Å². The van der Waals surface area contributed by atoms with Gasteiger partial charge in [0, 0.05) is 12.2 Å². The number of hydrogen-bond acceptors (Lipinski definition) is 5. The molecule has 0 bridgehead atoms. The first-order valence-corrected chi connectivity index (χ1v) is 6.53. The molecular weight excluding hydrogens is 260 g/mol. The SMILES string of the molecule is O=C(O)c1cccc(-c2noc(C3CCCCO3)n2)c1. The van der Waals surface area contributed by atoms with Gasteiger partial charge in [-0.1, -0.05) is 17.3 Å². The molecule has 0 radical (unpaired) electrons. The van der Waals surface area contributed by atoms with Gasteiger partial charge in [0.15, 0.2) is 0 Å². The summed E-state index contributed by atoms with van der Waals surface area (Å²) < 4.78 is 10.8. The number of carboxylic acid groups (broad SMARTS) is 1. The molecule has 20 heavy (non-hydrogen) atoms. The monoisotopic (exact) mass is 274 g/mol. The van der Waals surface area contributed by atoms with Gasteiger partial charge in [-0.05, 0) is 31.4 Å². The fraction of sp³-hybridized carbons (Fsp3) is 0.357. The van der Waals surface area contributed by atoms with E-state index in [0.717, 1.165) is 19.3 Å². The molecule has 6 heteroatoms. The van der Waals surface area contributed by atoms with Crippen molar-refractivity contribution >= 4 is 5.97 Å². The molecule has 1 aromatic heterocycles. The van der Waals surface area contributed by atoms with E-state index >= 15 is 0 Å². The molecule has 0 saturated carbocycles. The van der Waals surface area contributed by atoms with E-state index in [-0.39, 0.29) is 11.7 Å². The van der Waals surface area contributed by atoms with Crippen LogP contribution in [0.5, 0.6) is 0 Å². The van der Waals surface area contributed by atoms with Crippen molar-refractivity contribution in [1.29, 1.82) is 0 Å². The van der Waals surface area contributed by atoms with Crippen LogP contribution in [-0.4, -0.2) is 27.8 Å². The van der Waals surface area contributed by atoms with Crippen molar-refractivity contribution in [3.05, 3.63) is 35.7 Å². The summed E-state index contributed by atoms with van der Waals surface area (Å²) in [4.78, 5) is 15.3. The molecule has 104 valence electrons. The zero-order chi connectivity index (χ0) is 13.9. The van der Waals surface area contributed by atoms with Crippen LogP contribution < -0.4 is 0 Å². The summed E-state index contributed by atoms with van der Waals surface area (Å²) >= 11 is 0. The van der Waals surface area contributed by atoms with Gasteiger partial charge in [-0.2, -0.15) is 4.98 Å². The summed E-state index contributed by atoms with van der Waals surface area (Å²) in [7, 11) is 0. The van der Waals surface area contributed by atoms with Gasteiger partial charge < -0.3 is 14.4 Å². The van der Waals surface area contributed by atoms with Crippen LogP contribution in [0.4, 0.5) is 0 Å². The summed E-state index contributed by atoms with van der Waals surface area (Å²) in [6.45, 7) is 0.705. The molecule has 1 aliphatic rings. The van der Waals surface area contributed by atoms with Crippen LogP contribution in [0.2, 0.25) is 0 Å². The number of carboxylic acids is 1. The van der Waals surface area contributed by atoms with Crippen LogP contribution in [0.25, 0.3) is 11.4 Å². The first-order chi connectivity index (χ1) is 9.74. The zero-order valence-corrected chi connectivity index (χ0v) is 10.8. The molecule has 2 aromatic rings. The van der Waals surface area contributed by atoms with Crippen molar-refractivity contribution in [1.82, 2.24) is 10.1 Å². The maximum absolute atomic E-state index is 11.0. The molecule has 1 N–H and O–H groups in total. The second kappa shape index (κ2) is 5.42. The van der Waals surface area contributed by atoms with Crippen LogP contribution in [0, 0.1) is 0 Å². The Bertz CT molecular complexity index is 617. The Kier molecular flexibility index (Phi) is 3.47. The minimum atomic E-state index is -0.980. The number of hydrogen-bond donors (Lipinski definition) is 1. The summed E-state index contributed by atoms with van der Waals surface area (Å²) in [6, 6.07) is 6.46. The average molecular weight is 274 g/mol. The van der Waals surface area contributed by atoms with Gasteiger partial charge in [-0.3, -0.25) is 0 Å². The van der Waals surface area contributed by atoms with Crippen LogP contribution in [-0.2, 0) is 4.74 Å². The highest BCUT2D eigenvalue weighted by Crippen LogP contribution is 2.28. The highest BCUT2D eigenvalue weighted by molar-refractivity contribution is 5.89. The first-order valence-electron chi connectivity index (χ1n) is 6.53. The number of aromatic nitrogens is 2. The molecule has 0 aliphatic carbocycles. The third kappa shape index (κ3) is 2.55. The van der Waals surface area contributed by atoms with Gasteiger partial charge >= 0.3 is 5.97 Å². The standard InChI is InChI=1S/C14H14N2O4/c17-14(18)10-5-3-4-9(8-10)12-15-13(20-16-12)11-6-1-2-7-19-11/h3-5,8,11H,1-2,6-7H2,(H,17,18). The quantitative estimate of drug-likeness (QED) is 0.926. The fourth-order valence-electron chi connectivity index (χ4n) is 2.21. The second-order valence-electron chi connectivity index (χ2n) is 4.70. The molecule has 1 atom stereocenters. The predicted molar refractivity (Wildman–Crippen MR) is 69.2 cm³/mol. The molecule has 2 heterocycles. The van der Waals surface area contributed by atoms with E-state index in [9.17, 15) is 4.79 Å². The lowest BCUT2D eigenvalue weighted by Gasteiger charge is -2.18. The zero-order valence-electron chi connectivity index (χ0n) is 10.8. The maximum atomic E-state index is 11.0. The van der Waals surface area contributed by atoms with Gasteiger partial charge in [0.05, 0.1) is 5.56 Å². The summed E-state index contributed by atoms with van der Waals surface area (Å²) in [5.41, 5.74) is 0.818. The minimum Gasteiger partial charge on any atom is -0.478 e. The third-order valence-corrected chi connectivity index (χ3v) is 3.26. The van der Waals surface area contributed by atoms with Gasteiger partial charge in [0.25, 0.3) is 5.89 Å². The Morgan fingerprint density at radius 2 is 2.25 bits per heavy atom. The minimum absolute atomic E-state index is 0.146. The average Bonchev–Trinajstić information content (AvgIpc) is 2.98. The number of carbonyl (C=O) groups is 1. The van der Waals surface area contributed by atoms with Gasteiger partial charge in [0.1, 0.15) is 6.10 Å². The van der Waals surface area contributed by atoms with Crippen LogP contribution in [0.1, 0.15) is 41.6 Å².